The van der Waals surface area contributed by atoms with E-state index in [0.717, 1.165) is 43.0 Å². The van der Waals surface area contributed by atoms with Crippen molar-refractivity contribution in [2.75, 3.05) is 20.1 Å². The minimum Gasteiger partial charge on any atom is -0.504 e. The highest BCUT2D eigenvalue weighted by atomic mass is 16.5. The maximum absolute atomic E-state index is 12.8. The van der Waals surface area contributed by atoms with E-state index in [0.29, 0.717) is 25.0 Å². The van der Waals surface area contributed by atoms with Crippen LogP contribution in [0.5, 0.6) is 11.5 Å². The molecule has 26 heavy (non-hydrogen) atoms. The highest BCUT2D eigenvalue weighted by Gasteiger charge is 2.68. The van der Waals surface area contributed by atoms with Gasteiger partial charge in [0.2, 0.25) is 0 Å². The molecule has 0 saturated heterocycles. The van der Waals surface area contributed by atoms with Crippen molar-refractivity contribution in [3.8, 4) is 11.5 Å². The van der Waals surface area contributed by atoms with Crippen LogP contribution < -0.4 is 9.64 Å². The van der Waals surface area contributed by atoms with E-state index in [1.807, 2.05) is 6.07 Å². The molecule has 2 fully saturated rings. The largest absolute Gasteiger partial charge is 0.504 e. The zero-order chi connectivity index (χ0) is 18.1. The summed E-state index contributed by atoms with van der Waals surface area (Å²) in [6.07, 6.45) is 5.03. The monoisotopic (exact) mass is 358 g/mol. The molecule has 0 aromatic heterocycles. The number of phenolic OH excluding ortho intramolecular Hbond substituents is 1. The molecule has 1 aromatic carbocycles. The summed E-state index contributed by atoms with van der Waals surface area (Å²) in [7, 11) is 2.21. The average molecular weight is 358 g/mol. The van der Waals surface area contributed by atoms with Crippen LogP contribution in [0, 0.1) is 5.92 Å². The normalized spacial score (nSPS) is 35.8. The van der Waals surface area contributed by atoms with E-state index in [4.69, 9.17) is 4.74 Å². The number of ketones is 1. The Kier molecular flexibility index (Phi) is 3.48. The number of carbonyl (C=O) groups excluding carboxylic acids is 1. The van der Waals surface area contributed by atoms with Gasteiger partial charge in [-0.3, -0.25) is 4.79 Å². The molecule has 0 bridgehead atoms. The molecule has 0 radical (unpaired) electrons. The van der Waals surface area contributed by atoms with Crippen LogP contribution in [-0.2, 0) is 16.6 Å². The number of aromatic hydroxyl groups is 1. The van der Waals surface area contributed by atoms with E-state index in [9.17, 15) is 15.0 Å². The van der Waals surface area contributed by atoms with Gasteiger partial charge >= 0.3 is 0 Å². The van der Waals surface area contributed by atoms with E-state index < -0.39 is 17.1 Å². The first kappa shape index (κ1) is 16.6. The van der Waals surface area contributed by atoms with Crippen molar-refractivity contribution >= 4 is 5.78 Å². The SMILES string of the molecule is C[NH+](CCC12c3c4ccc(O)c3OC1C(=O)CCC2(O)CC4)CC1CC1. The second kappa shape index (κ2) is 5.46. The average Bonchev–Trinajstić information content (AvgIpc) is 3.34. The van der Waals surface area contributed by atoms with Crippen molar-refractivity contribution in [1.29, 1.82) is 0 Å². The lowest BCUT2D eigenvalue weighted by Crippen LogP contribution is -3.09. The lowest BCUT2D eigenvalue weighted by atomic mass is 9.52. The molecule has 140 valence electrons. The van der Waals surface area contributed by atoms with Gasteiger partial charge in [-0.1, -0.05) is 6.07 Å². The highest BCUT2D eigenvalue weighted by Crippen LogP contribution is 2.62. The van der Waals surface area contributed by atoms with E-state index in [1.54, 1.807) is 6.07 Å². The van der Waals surface area contributed by atoms with E-state index in [1.165, 1.54) is 17.7 Å². The van der Waals surface area contributed by atoms with E-state index in [2.05, 4.69) is 7.05 Å². The zero-order valence-electron chi connectivity index (χ0n) is 15.4. The molecular formula is C21H28NO4+. The first-order valence-electron chi connectivity index (χ1n) is 10.0. The minimum atomic E-state index is -0.919. The van der Waals surface area contributed by atoms with Crippen molar-refractivity contribution in [2.45, 2.75) is 62.1 Å². The van der Waals surface area contributed by atoms with Gasteiger partial charge in [-0.05, 0) is 43.7 Å². The van der Waals surface area contributed by atoms with Crippen molar-refractivity contribution in [1.82, 2.24) is 0 Å². The molecule has 5 nitrogen and oxygen atoms in total. The van der Waals surface area contributed by atoms with E-state index in [-0.39, 0.29) is 11.5 Å². The number of hydrogen-bond acceptors (Lipinski definition) is 4. The van der Waals surface area contributed by atoms with Crippen LogP contribution in [0.3, 0.4) is 0 Å². The Morgan fingerprint density at radius 3 is 2.81 bits per heavy atom. The number of phenols is 1. The number of nitrogens with one attached hydrogen (secondary N) is 1. The molecule has 2 saturated carbocycles. The fourth-order valence-electron chi connectivity index (χ4n) is 5.79. The molecule has 0 spiro atoms. The summed E-state index contributed by atoms with van der Waals surface area (Å²) in [4.78, 5) is 14.2. The molecule has 1 aliphatic heterocycles. The Labute approximate surface area is 154 Å². The van der Waals surface area contributed by atoms with Crippen LogP contribution in [0.1, 0.15) is 49.7 Å². The van der Waals surface area contributed by atoms with Gasteiger partial charge in [0.25, 0.3) is 0 Å². The molecule has 3 N–H and O–H groups in total. The van der Waals surface area contributed by atoms with Crippen molar-refractivity contribution in [3.63, 3.8) is 0 Å². The number of Topliss-reactive ketones (excluding diaryl/α,β-unsaturated/α-hetero) is 1. The number of rotatable bonds is 5. The molecule has 1 heterocycles. The quantitative estimate of drug-likeness (QED) is 0.726. The molecule has 3 aliphatic carbocycles. The molecular weight excluding hydrogens is 330 g/mol. The summed E-state index contributed by atoms with van der Waals surface area (Å²) in [5.41, 5.74) is 0.426. The fourth-order valence-corrected chi connectivity index (χ4v) is 5.79. The number of aryl methyl sites for hydroxylation is 1. The smallest absolute Gasteiger partial charge is 0.174 e. The predicted octanol–water partition coefficient (Wildman–Crippen LogP) is 0.746. The Morgan fingerprint density at radius 1 is 1.27 bits per heavy atom. The molecule has 4 unspecified atom stereocenters. The van der Waals surface area contributed by atoms with Crippen LogP contribution >= 0.6 is 0 Å². The second-order valence-corrected chi connectivity index (χ2v) is 9.02. The number of benzene rings is 1. The molecule has 4 aliphatic rings. The Hall–Kier alpha value is -1.59. The van der Waals surface area contributed by atoms with Crippen molar-refractivity contribution in [3.05, 3.63) is 23.3 Å². The van der Waals surface area contributed by atoms with Crippen molar-refractivity contribution in [2.24, 2.45) is 5.92 Å². The lowest BCUT2D eigenvalue weighted by Gasteiger charge is -2.53. The second-order valence-electron chi connectivity index (χ2n) is 9.02. The molecule has 5 heteroatoms. The third kappa shape index (κ3) is 2.13. The molecule has 0 amide bonds. The van der Waals surface area contributed by atoms with Gasteiger partial charge < -0.3 is 19.8 Å². The number of hydrogen-bond donors (Lipinski definition) is 3. The summed E-state index contributed by atoms with van der Waals surface area (Å²) in [5, 5.41) is 22.1. The topological polar surface area (TPSA) is 71.2 Å². The third-order valence-electron chi connectivity index (χ3n) is 7.35. The Morgan fingerprint density at radius 2 is 2.04 bits per heavy atom. The first-order chi connectivity index (χ1) is 12.4. The standard InChI is InChI=1S/C21H27NO4/c1-22(12-13-2-3-13)11-10-21-17-14-4-5-15(23)18(17)26-19(21)16(24)7-9-20(21,25)8-6-14/h4-5,13,19,23,25H,2-3,6-12H2,1H3/p+1. The summed E-state index contributed by atoms with van der Waals surface area (Å²) < 4.78 is 6.07. The maximum Gasteiger partial charge on any atom is 0.174 e. The lowest BCUT2D eigenvalue weighted by molar-refractivity contribution is -0.882. The van der Waals surface area contributed by atoms with Crippen molar-refractivity contribution < 1.29 is 24.6 Å². The van der Waals surface area contributed by atoms with Gasteiger partial charge in [-0.15, -0.1) is 0 Å². The van der Waals surface area contributed by atoms with Crippen LogP contribution in [0.2, 0.25) is 0 Å². The number of quaternary nitrogens is 1. The summed E-state index contributed by atoms with van der Waals surface area (Å²) in [6.45, 7) is 2.06. The Balaban J connectivity index is 1.59. The van der Waals surface area contributed by atoms with Crippen LogP contribution in [0.15, 0.2) is 12.1 Å². The van der Waals surface area contributed by atoms with Gasteiger partial charge in [-0.25, -0.2) is 0 Å². The molecule has 1 aromatic rings. The number of carbonyl (C=O) groups is 1. The number of aliphatic hydroxyl groups is 1. The van der Waals surface area contributed by atoms with Crippen LogP contribution in [0.25, 0.3) is 0 Å². The highest BCUT2D eigenvalue weighted by molar-refractivity contribution is 5.89. The fraction of sp³-hybridized carbons (Fsp3) is 0.667. The maximum atomic E-state index is 12.8. The number of ether oxygens (including phenoxy) is 1. The molecule has 5 rings (SSSR count). The van der Waals surface area contributed by atoms with Gasteiger partial charge in [0.1, 0.15) is 0 Å². The van der Waals surface area contributed by atoms with Crippen LogP contribution in [0.4, 0.5) is 0 Å². The van der Waals surface area contributed by atoms with Gasteiger partial charge in [0.15, 0.2) is 23.4 Å². The first-order valence-corrected chi connectivity index (χ1v) is 10.0. The molecule has 4 atom stereocenters. The Bertz CT molecular complexity index is 774. The minimum absolute atomic E-state index is 0.0676. The van der Waals surface area contributed by atoms with Gasteiger partial charge in [0.05, 0.1) is 31.2 Å². The summed E-state index contributed by atoms with van der Waals surface area (Å²) in [6, 6.07) is 3.61. The van der Waals surface area contributed by atoms with Crippen LogP contribution in [-0.4, -0.2) is 47.8 Å². The van der Waals surface area contributed by atoms with E-state index >= 15 is 0 Å². The predicted molar refractivity (Wildman–Crippen MR) is 95.7 cm³/mol. The third-order valence-corrected chi connectivity index (χ3v) is 7.35. The summed E-state index contributed by atoms with van der Waals surface area (Å²) in [5.74, 6) is 1.45. The van der Waals surface area contributed by atoms with Gasteiger partial charge in [0, 0.05) is 24.3 Å². The van der Waals surface area contributed by atoms with Gasteiger partial charge in [-0.2, -0.15) is 0 Å². The zero-order valence-corrected chi connectivity index (χ0v) is 15.4. The summed E-state index contributed by atoms with van der Waals surface area (Å²) >= 11 is 0.